The first-order valence-electron chi connectivity index (χ1n) is 5.75. The number of thioether (sulfide) groups is 1. The van der Waals surface area contributed by atoms with E-state index in [2.05, 4.69) is 34.8 Å². The molecule has 0 spiro atoms. The Labute approximate surface area is 99.3 Å². The van der Waals surface area contributed by atoms with Crippen molar-refractivity contribution in [3.8, 4) is 0 Å². The summed E-state index contributed by atoms with van der Waals surface area (Å²) in [6.07, 6.45) is 5.72. The predicted molar refractivity (Wildman–Crippen MR) is 66.9 cm³/mol. The van der Waals surface area contributed by atoms with Crippen LogP contribution in [0.1, 0.15) is 24.2 Å². The molecule has 4 heteroatoms. The van der Waals surface area contributed by atoms with Crippen LogP contribution in [0.3, 0.4) is 0 Å². The zero-order valence-corrected chi connectivity index (χ0v) is 10.2. The number of hydrogen-bond donors (Lipinski definition) is 0. The summed E-state index contributed by atoms with van der Waals surface area (Å²) in [6.45, 7) is 2.08. The van der Waals surface area contributed by atoms with E-state index in [9.17, 15) is 0 Å². The molecule has 1 atom stereocenters. The molecule has 0 N–H and O–H groups in total. The van der Waals surface area contributed by atoms with Gasteiger partial charge in [-0.05, 0) is 37.1 Å². The molecule has 1 saturated heterocycles. The molecule has 0 amide bonds. The van der Waals surface area contributed by atoms with Crippen LogP contribution in [0.4, 0.5) is 0 Å². The Kier molecular flexibility index (Phi) is 2.59. The summed E-state index contributed by atoms with van der Waals surface area (Å²) in [5, 5.41) is 5.26. The largest absolute Gasteiger partial charge is 0.221 e. The minimum Gasteiger partial charge on any atom is -0.221 e. The van der Waals surface area contributed by atoms with Crippen molar-refractivity contribution in [3.63, 3.8) is 0 Å². The number of pyridine rings is 1. The fraction of sp³-hybridized carbons (Fsp3) is 0.500. The number of rotatable bonds is 2. The van der Waals surface area contributed by atoms with Crippen LogP contribution >= 0.6 is 11.8 Å². The van der Waals surface area contributed by atoms with E-state index in [-0.39, 0.29) is 0 Å². The number of hydrogen-bond acceptors (Lipinski definition) is 3. The lowest BCUT2D eigenvalue weighted by molar-refractivity contribution is 0.741. The Morgan fingerprint density at radius 2 is 2.44 bits per heavy atom. The van der Waals surface area contributed by atoms with Crippen LogP contribution in [0.2, 0.25) is 0 Å². The van der Waals surface area contributed by atoms with Gasteiger partial charge in [-0.15, -0.1) is 0 Å². The molecule has 3 nitrogen and oxygen atoms in total. The van der Waals surface area contributed by atoms with Crippen LogP contribution in [-0.4, -0.2) is 25.6 Å². The van der Waals surface area contributed by atoms with Gasteiger partial charge in [0.1, 0.15) is 0 Å². The van der Waals surface area contributed by atoms with Crippen molar-refractivity contribution in [2.45, 2.75) is 31.4 Å². The molecule has 0 radical (unpaired) electrons. The van der Waals surface area contributed by atoms with Crippen LogP contribution in [-0.2, 0) is 6.42 Å². The number of nitrogens with zero attached hydrogens (tertiary/aromatic N) is 3. The average molecular weight is 233 g/mol. The zero-order chi connectivity index (χ0) is 11.0. The van der Waals surface area contributed by atoms with E-state index >= 15 is 0 Å². The molecule has 1 aliphatic heterocycles. The smallest absolute Gasteiger partial charge is 0.155 e. The van der Waals surface area contributed by atoms with E-state index in [1.807, 2.05) is 16.8 Å². The third-order valence-corrected chi connectivity index (χ3v) is 4.36. The van der Waals surface area contributed by atoms with E-state index < -0.39 is 0 Å². The van der Waals surface area contributed by atoms with Gasteiger partial charge in [-0.25, -0.2) is 9.50 Å². The van der Waals surface area contributed by atoms with Crippen molar-refractivity contribution in [2.75, 3.05) is 5.75 Å². The van der Waals surface area contributed by atoms with Gasteiger partial charge < -0.3 is 0 Å². The molecule has 0 saturated carbocycles. The first-order valence-corrected chi connectivity index (χ1v) is 6.80. The molecule has 2 aromatic heterocycles. The monoisotopic (exact) mass is 233 g/mol. The second-order valence-corrected chi connectivity index (χ2v) is 5.78. The van der Waals surface area contributed by atoms with Gasteiger partial charge >= 0.3 is 0 Å². The molecule has 1 aliphatic rings. The summed E-state index contributed by atoms with van der Waals surface area (Å²) >= 11 is 2.06. The average Bonchev–Trinajstić information content (AvgIpc) is 2.86. The molecule has 0 bridgehead atoms. The summed E-state index contributed by atoms with van der Waals surface area (Å²) in [6, 6.07) is 4.12. The Hall–Kier alpha value is -1.03. The lowest BCUT2D eigenvalue weighted by Crippen LogP contribution is -2.03. The maximum Gasteiger partial charge on any atom is 0.155 e. The summed E-state index contributed by atoms with van der Waals surface area (Å²) in [5.74, 6) is 2.29. The molecular formula is C12H15N3S. The van der Waals surface area contributed by atoms with Crippen LogP contribution in [0.5, 0.6) is 0 Å². The maximum absolute atomic E-state index is 4.56. The standard InChI is InChI=1S/C12H15N3S/c1-9-4-5-12-13-11(14-15(12)8-9)7-10-3-2-6-16-10/h4-5,8,10H,2-3,6-7H2,1H3. The van der Waals surface area contributed by atoms with Crippen molar-refractivity contribution in [2.24, 2.45) is 0 Å². The SMILES string of the molecule is Cc1ccc2nc(CC3CCCS3)nn2c1. The van der Waals surface area contributed by atoms with E-state index in [1.54, 1.807) is 0 Å². The summed E-state index contributed by atoms with van der Waals surface area (Å²) in [5.41, 5.74) is 2.18. The van der Waals surface area contributed by atoms with Crippen LogP contribution in [0, 0.1) is 6.92 Å². The molecule has 84 valence electrons. The highest BCUT2D eigenvalue weighted by Gasteiger charge is 2.18. The quantitative estimate of drug-likeness (QED) is 0.798. The lowest BCUT2D eigenvalue weighted by atomic mass is 10.2. The van der Waals surface area contributed by atoms with E-state index in [0.717, 1.165) is 23.1 Å². The van der Waals surface area contributed by atoms with Crippen molar-refractivity contribution in [1.82, 2.24) is 14.6 Å². The highest BCUT2D eigenvalue weighted by molar-refractivity contribution is 8.00. The fourth-order valence-corrected chi connectivity index (χ4v) is 3.39. The van der Waals surface area contributed by atoms with Crippen LogP contribution in [0.15, 0.2) is 18.3 Å². The zero-order valence-electron chi connectivity index (χ0n) is 9.39. The first-order chi connectivity index (χ1) is 7.81. The minimum absolute atomic E-state index is 0.735. The summed E-state index contributed by atoms with van der Waals surface area (Å²) in [4.78, 5) is 4.56. The highest BCUT2D eigenvalue weighted by atomic mass is 32.2. The molecule has 1 unspecified atom stereocenters. The first kappa shape index (κ1) is 10.1. The van der Waals surface area contributed by atoms with E-state index in [4.69, 9.17) is 0 Å². The summed E-state index contributed by atoms with van der Waals surface area (Å²) in [7, 11) is 0. The van der Waals surface area contributed by atoms with Crippen molar-refractivity contribution in [1.29, 1.82) is 0 Å². The van der Waals surface area contributed by atoms with E-state index in [0.29, 0.717) is 0 Å². The van der Waals surface area contributed by atoms with Gasteiger partial charge in [0.05, 0.1) is 0 Å². The van der Waals surface area contributed by atoms with Crippen molar-refractivity contribution in [3.05, 3.63) is 29.7 Å². The molecule has 2 aromatic rings. The second-order valence-electron chi connectivity index (χ2n) is 4.38. The normalized spacial score (nSPS) is 20.7. The minimum atomic E-state index is 0.735. The fourth-order valence-electron chi connectivity index (χ4n) is 2.13. The Morgan fingerprint density at radius 3 is 3.25 bits per heavy atom. The molecule has 0 aliphatic carbocycles. The van der Waals surface area contributed by atoms with Crippen molar-refractivity contribution >= 4 is 17.4 Å². The van der Waals surface area contributed by atoms with Gasteiger partial charge in [0.2, 0.25) is 0 Å². The molecule has 3 heterocycles. The summed E-state index contributed by atoms with van der Waals surface area (Å²) < 4.78 is 1.89. The van der Waals surface area contributed by atoms with Gasteiger partial charge in [0.25, 0.3) is 0 Å². The lowest BCUT2D eigenvalue weighted by Gasteiger charge is -2.02. The second kappa shape index (κ2) is 4.09. The topological polar surface area (TPSA) is 30.2 Å². The Bertz CT molecular complexity index is 500. The number of aromatic nitrogens is 3. The third kappa shape index (κ3) is 1.94. The van der Waals surface area contributed by atoms with Gasteiger partial charge in [-0.3, -0.25) is 0 Å². The number of fused-ring (bicyclic) bond motifs is 1. The molecule has 0 aromatic carbocycles. The Balaban J connectivity index is 1.86. The maximum atomic E-state index is 4.56. The van der Waals surface area contributed by atoms with Gasteiger partial charge in [-0.1, -0.05) is 6.07 Å². The van der Waals surface area contributed by atoms with Crippen LogP contribution < -0.4 is 0 Å². The van der Waals surface area contributed by atoms with Gasteiger partial charge in [-0.2, -0.15) is 16.9 Å². The van der Waals surface area contributed by atoms with Crippen molar-refractivity contribution < 1.29 is 0 Å². The van der Waals surface area contributed by atoms with Gasteiger partial charge in [0.15, 0.2) is 11.5 Å². The van der Waals surface area contributed by atoms with Crippen LogP contribution in [0.25, 0.3) is 5.65 Å². The third-order valence-electron chi connectivity index (χ3n) is 2.96. The highest BCUT2D eigenvalue weighted by Crippen LogP contribution is 2.28. The molecule has 1 fully saturated rings. The predicted octanol–water partition coefficient (Wildman–Crippen LogP) is 2.48. The molecular weight excluding hydrogens is 218 g/mol. The van der Waals surface area contributed by atoms with Gasteiger partial charge in [0, 0.05) is 17.9 Å². The Morgan fingerprint density at radius 1 is 1.50 bits per heavy atom. The van der Waals surface area contributed by atoms with E-state index in [1.165, 1.54) is 24.2 Å². The number of aryl methyl sites for hydroxylation is 1. The molecule has 16 heavy (non-hydrogen) atoms. The molecule has 3 rings (SSSR count).